The van der Waals surface area contributed by atoms with E-state index < -0.39 is 5.60 Å². The van der Waals surface area contributed by atoms with Gasteiger partial charge in [-0.05, 0) is 16.5 Å². The van der Waals surface area contributed by atoms with Gasteiger partial charge in [-0.25, -0.2) is 0 Å². The highest BCUT2D eigenvalue weighted by molar-refractivity contribution is 5.98. The van der Waals surface area contributed by atoms with Gasteiger partial charge in [-0.3, -0.25) is 0 Å². The van der Waals surface area contributed by atoms with Crippen molar-refractivity contribution >= 4 is 10.5 Å². The molecule has 0 amide bonds. The van der Waals surface area contributed by atoms with Gasteiger partial charge in [0.1, 0.15) is 16.1 Å². The van der Waals surface area contributed by atoms with Gasteiger partial charge in [0, 0.05) is 0 Å². The third kappa shape index (κ3) is 2.59. The molecule has 0 aliphatic carbocycles. The number of hydrogen-bond acceptors (Lipinski definition) is 1. The van der Waals surface area contributed by atoms with E-state index in [1.54, 1.807) is 0 Å². The molecule has 0 unspecified atom stereocenters. The Balaban J connectivity index is 3.50. The zero-order chi connectivity index (χ0) is 13.1. The van der Waals surface area contributed by atoms with Gasteiger partial charge in [0.25, 0.3) is 0 Å². The molecule has 0 heterocycles. The van der Waals surface area contributed by atoms with Gasteiger partial charge in [-0.2, -0.15) is 0 Å². The Morgan fingerprint density at radius 2 is 1.53 bits per heavy atom. The summed E-state index contributed by atoms with van der Waals surface area (Å²) in [5.41, 5.74) is 1.95. The van der Waals surface area contributed by atoms with Crippen molar-refractivity contribution in [3.63, 3.8) is 0 Å². The average molecular weight is 246 g/mol. The minimum atomic E-state index is -0.546. The first-order valence-electron chi connectivity index (χ1n) is 5.83. The maximum Gasteiger partial charge on any atom is 0.148 e. The molecule has 0 aliphatic rings. The predicted octanol–water partition coefficient (Wildman–Crippen LogP) is 2.85. The Labute approximate surface area is 108 Å². The van der Waals surface area contributed by atoms with Gasteiger partial charge in [-0.1, -0.05) is 70.3 Å². The minimum absolute atomic E-state index is 0.0773. The van der Waals surface area contributed by atoms with Crippen LogP contribution in [0.1, 0.15) is 31.9 Å². The van der Waals surface area contributed by atoms with Crippen molar-refractivity contribution in [3.8, 4) is 0 Å². The molecular weight excluding hydrogens is 224 g/mol. The summed E-state index contributed by atoms with van der Waals surface area (Å²) in [5, 5.41) is 0. The summed E-state index contributed by atoms with van der Waals surface area (Å²) in [7, 11) is 0.642. The molecule has 92 valence electrons. The summed E-state index contributed by atoms with van der Waals surface area (Å²) in [4.78, 5) is 0. The lowest BCUT2D eigenvalue weighted by Gasteiger charge is -2.33. The number of benzene rings is 1. The predicted molar refractivity (Wildman–Crippen MR) is 78.2 cm³/mol. The van der Waals surface area contributed by atoms with E-state index in [0.717, 1.165) is 5.56 Å². The van der Waals surface area contributed by atoms with E-state index >= 15 is 0 Å². The highest BCUT2D eigenvalue weighted by atomic mass is 28.2. The molecule has 0 spiro atoms. The summed E-state index contributed by atoms with van der Waals surface area (Å²) in [6, 6.07) is 8.35. The summed E-state index contributed by atoms with van der Waals surface area (Å²) >= 11 is 0. The van der Waals surface area contributed by atoms with Crippen LogP contribution in [0.5, 0.6) is 0 Å². The smallest absolute Gasteiger partial charge is 0.148 e. The van der Waals surface area contributed by atoms with Crippen LogP contribution in [0.2, 0.25) is 0 Å². The van der Waals surface area contributed by atoms with Gasteiger partial charge in [0.15, 0.2) is 0 Å². The molecule has 1 aromatic rings. The van der Waals surface area contributed by atoms with Gasteiger partial charge in [-0.15, -0.1) is 0 Å². The van der Waals surface area contributed by atoms with Gasteiger partial charge in [0.05, 0.1) is 0 Å². The first kappa shape index (κ1) is 13.9. The second-order valence-corrected chi connectivity index (χ2v) is 5.61. The monoisotopic (exact) mass is 246 g/mol. The van der Waals surface area contributed by atoms with Crippen LogP contribution < -0.4 is 0 Å². The highest BCUT2D eigenvalue weighted by Crippen LogP contribution is 2.36. The lowest BCUT2D eigenvalue weighted by molar-refractivity contribution is 0.190. The second-order valence-electron chi connectivity index (χ2n) is 5.20. The first-order valence-corrected chi connectivity index (χ1v) is 6.65. The minimum Gasteiger partial charge on any atom is -0.412 e. The lowest BCUT2D eigenvalue weighted by atomic mass is 9.78. The van der Waals surface area contributed by atoms with Crippen molar-refractivity contribution in [3.05, 3.63) is 60.7 Å². The van der Waals surface area contributed by atoms with E-state index in [4.69, 9.17) is 4.43 Å². The largest absolute Gasteiger partial charge is 0.412 e. The van der Waals surface area contributed by atoms with Crippen LogP contribution in [-0.4, -0.2) is 10.5 Å². The molecule has 0 bridgehead atoms. The molecule has 0 fully saturated rings. The van der Waals surface area contributed by atoms with E-state index in [2.05, 4.69) is 52.1 Å². The summed E-state index contributed by atoms with van der Waals surface area (Å²) in [6.45, 7) is 14.4. The van der Waals surface area contributed by atoms with Crippen LogP contribution in [-0.2, 0) is 15.4 Å². The van der Waals surface area contributed by atoms with E-state index in [0.29, 0.717) is 10.5 Å². The molecule has 0 N–H and O–H groups in total. The molecule has 0 saturated carbocycles. The van der Waals surface area contributed by atoms with Crippen LogP contribution in [0.15, 0.2) is 49.6 Å². The van der Waals surface area contributed by atoms with E-state index in [1.807, 2.05) is 18.2 Å². The number of hydrogen-bond donors (Lipinski definition) is 0. The zero-order valence-corrected chi connectivity index (χ0v) is 13.3. The van der Waals surface area contributed by atoms with Crippen molar-refractivity contribution in [2.45, 2.75) is 31.8 Å². The molecule has 1 nitrogen and oxygen atoms in total. The molecule has 0 atom stereocenters. The normalized spacial score (nSPS) is 12.4. The topological polar surface area (TPSA) is 9.23 Å². The standard InChI is InChI=1S/C15H22OSi/c1-6-15(7-2,16-17)13-11-9-8-10-12(13)14(3,4)5/h6-11H,1-2H2,3-5,17H3. The molecular formula is C15H22OSi. The van der Waals surface area contributed by atoms with Crippen molar-refractivity contribution in [2.75, 3.05) is 0 Å². The van der Waals surface area contributed by atoms with Crippen LogP contribution >= 0.6 is 0 Å². The summed E-state index contributed by atoms with van der Waals surface area (Å²) in [5.74, 6) is 0. The quantitative estimate of drug-likeness (QED) is 0.586. The number of rotatable bonds is 4. The SMILES string of the molecule is C=CC(C=C)(O[SiH3])c1ccccc1C(C)(C)C. The molecule has 17 heavy (non-hydrogen) atoms. The van der Waals surface area contributed by atoms with Crippen molar-refractivity contribution in [2.24, 2.45) is 0 Å². The summed E-state index contributed by atoms with van der Waals surface area (Å²) < 4.78 is 5.76. The molecule has 1 aromatic carbocycles. The molecule has 1 rings (SSSR count). The van der Waals surface area contributed by atoms with Crippen molar-refractivity contribution < 1.29 is 4.43 Å². The van der Waals surface area contributed by atoms with Gasteiger partial charge in [0.2, 0.25) is 0 Å². The van der Waals surface area contributed by atoms with Gasteiger partial charge >= 0.3 is 0 Å². The Morgan fingerprint density at radius 1 is 1.06 bits per heavy atom. The van der Waals surface area contributed by atoms with Crippen LogP contribution in [0.3, 0.4) is 0 Å². The molecule has 0 saturated heterocycles. The fourth-order valence-electron chi connectivity index (χ4n) is 2.06. The molecule has 0 aromatic heterocycles. The Hall–Kier alpha value is -1.12. The van der Waals surface area contributed by atoms with Crippen molar-refractivity contribution in [1.82, 2.24) is 0 Å². The molecule has 0 aliphatic heterocycles. The fraction of sp³-hybridized carbons (Fsp3) is 0.333. The first-order chi connectivity index (χ1) is 7.91. The van der Waals surface area contributed by atoms with Crippen LogP contribution in [0.4, 0.5) is 0 Å². The third-order valence-electron chi connectivity index (χ3n) is 3.10. The Kier molecular flexibility index (Phi) is 4.12. The summed E-state index contributed by atoms with van der Waals surface area (Å²) in [6.07, 6.45) is 3.66. The average Bonchev–Trinajstić information content (AvgIpc) is 2.31. The van der Waals surface area contributed by atoms with E-state index in [9.17, 15) is 0 Å². The third-order valence-corrected chi connectivity index (χ3v) is 3.78. The Bertz CT molecular complexity index is 407. The van der Waals surface area contributed by atoms with Gasteiger partial charge < -0.3 is 4.43 Å². The zero-order valence-electron chi connectivity index (χ0n) is 11.3. The lowest BCUT2D eigenvalue weighted by Crippen LogP contribution is -2.28. The molecule has 0 radical (unpaired) electrons. The van der Waals surface area contributed by atoms with E-state index in [1.165, 1.54) is 5.56 Å². The van der Waals surface area contributed by atoms with Crippen LogP contribution in [0.25, 0.3) is 0 Å². The molecule has 2 heteroatoms. The fourth-order valence-corrected chi connectivity index (χ4v) is 2.61. The Morgan fingerprint density at radius 3 is 1.88 bits per heavy atom. The maximum atomic E-state index is 5.76. The second kappa shape index (κ2) is 5.03. The van der Waals surface area contributed by atoms with Crippen LogP contribution in [0, 0.1) is 0 Å². The highest BCUT2D eigenvalue weighted by Gasteiger charge is 2.30. The van der Waals surface area contributed by atoms with Crippen molar-refractivity contribution in [1.29, 1.82) is 0 Å². The maximum absolute atomic E-state index is 5.76. The van der Waals surface area contributed by atoms with E-state index in [-0.39, 0.29) is 5.41 Å².